The van der Waals surface area contributed by atoms with Gasteiger partial charge >= 0.3 is 0 Å². The van der Waals surface area contributed by atoms with Gasteiger partial charge in [-0.25, -0.2) is 0 Å². The number of rotatable bonds is 2. The highest BCUT2D eigenvalue weighted by atomic mass is 16.5. The predicted octanol–water partition coefficient (Wildman–Crippen LogP) is 3.33. The molecule has 3 rings (SSSR count). The van der Waals surface area contributed by atoms with Crippen molar-refractivity contribution in [2.75, 3.05) is 6.61 Å². The molecule has 0 aromatic carbocycles. The lowest BCUT2D eigenvalue weighted by molar-refractivity contribution is -0.0964. The first-order valence-corrected chi connectivity index (χ1v) is 7.13. The van der Waals surface area contributed by atoms with Crippen molar-refractivity contribution in [1.29, 1.82) is 0 Å². The van der Waals surface area contributed by atoms with E-state index >= 15 is 0 Å². The molecule has 3 heteroatoms. The Morgan fingerprint density at radius 1 is 1.39 bits per heavy atom. The van der Waals surface area contributed by atoms with Crippen LogP contribution in [0.2, 0.25) is 0 Å². The van der Waals surface area contributed by atoms with Crippen molar-refractivity contribution in [3.8, 4) is 0 Å². The summed E-state index contributed by atoms with van der Waals surface area (Å²) in [4.78, 5) is 0. The van der Waals surface area contributed by atoms with E-state index in [0.717, 1.165) is 30.8 Å². The molecule has 1 aromatic rings. The van der Waals surface area contributed by atoms with Crippen LogP contribution in [-0.4, -0.2) is 12.2 Å². The summed E-state index contributed by atoms with van der Waals surface area (Å²) in [5, 5.41) is 0. The molecule has 1 aliphatic carbocycles. The van der Waals surface area contributed by atoms with Crippen LogP contribution in [0.5, 0.6) is 0 Å². The van der Waals surface area contributed by atoms with Crippen LogP contribution < -0.4 is 5.73 Å². The van der Waals surface area contributed by atoms with Gasteiger partial charge in [-0.1, -0.05) is 12.8 Å². The van der Waals surface area contributed by atoms with E-state index in [0.29, 0.717) is 5.92 Å². The van der Waals surface area contributed by atoms with Crippen LogP contribution in [0.3, 0.4) is 0 Å². The highest BCUT2D eigenvalue weighted by Crippen LogP contribution is 2.44. The van der Waals surface area contributed by atoms with Crippen LogP contribution in [0, 0.1) is 12.8 Å². The number of ether oxygens (including phenoxy) is 1. The summed E-state index contributed by atoms with van der Waals surface area (Å²) in [5.74, 6) is 1.48. The fraction of sp³-hybridized carbons (Fsp3) is 0.733. The van der Waals surface area contributed by atoms with E-state index in [9.17, 15) is 0 Å². The molecule has 0 bridgehead atoms. The zero-order chi connectivity index (χ0) is 12.6. The maximum Gasteiger partial charge on any atom is 0.101 e. The van der Waals surface area contributed by atoms with Crippen molar-refractivity contribution in [3.63, 3.8) is 0 Å². The second-order valence-electron chi connectivity index (χ2n) is 6.01. The minimum absolute atomic E-state index is 0.101. The van der Waals surface area contributed by atoms with Gasteiger partial charge in [-0.05, 0) is 44.6 Å². The second-order valence-corrected chi connectivity index (χ2v) is 6.01. The van der Waals surface area contributed by atoms with E-state index in [4.69, 9.17) is 14.9 Å². The van der Waals surface area contributed by atoms with Crippen LogP contribution in [-0.2, 0) is 4.74 Å². The van der Waals surface area contributed by atoms with Crippen molar-refractivity contribution in [2.24, 2.45) is 11.7 Å². The fourth-order valence-corrected chi connectivity index (χ4v) is 3.65. The van der Waals surface area contributed by atoms with Gasteiger partial charge in [0.05, 0.1) is 11.9 Å². The molecular weight excluding hydrogens is 226 g/mol. The van der Waals surface area contributed by atoms with Crippen LogP contribution in [0.25, 0.3) is 0 Å². The summed E-state index contributed by atoms with van der Waals surface area (Å²) >= 11 is 0. The first-order valence-electron chi connectivity index (χ1n) is 7.13. The molecule has 2 N–H and O–H groups in total. The number of hydrogen-bond donors (Lipinski definition) is 1. The summed E-state index contributed by atoms with van der Waals surface area (Å²) < 4.78 is 11.5. The lowest BCUT2D eigenvalue weighted by Crippen LogP contribution is -2.40. The molecule has 18 heavy (non-hydrogen) atoms. The number of nitrogens with two attached hydrogens (primary N) is 1. The number of hydrogen-bond acceptors (Lipinski definition) is 3. The van der Waals surface area contributed by atoms with Crippen molar-refractivity contribution in [3.05, 3.63) is 23.7 Å². The smallest absolute Gasteiger partial charge is 0.101 e. The van der Waals surface area contributed by atoms with Gasteiger partial charge < -0.3 is 14.9 Å². The molecule has 2 fully saturated rings. The van der Waals surface area contributed by atoms with Gasteiger partial charge in [-0.15, -0.1) is 0 Å². The molecule has 0 amide bonds. The Labute approximate surface area is 109 Å². The molecule has 0 radical (unpaired) electrons. The molecular formula is C15H23NO2. The molecule has 1 spiro atoms. The minimum Gasteiger partial charge on any atom is -0.469 e. The average molecular weight is 249 g/mol. The van der Waals surface area contributed by atoms with E-state index in [1.165, 1.54) is 25.7 Å². The summed E-state index contributed by atoms with van der Waals surface area (Å²) in [6, 6.07) is 2.17. The zero-order valence-electron chi connectivity index (χ0n) is 11.2. The monoisotopic (exact) mass is 249 g/mol. The molecule has 2 unspecified atom stereocenters. The maximum absolute atomic E-state index is 6.42. The van der Waals surface area contributed by atoms with E-state index in [2.05, 4.69) is 6.07 Å². The molecule has 100 valence electrons. The number of aryl methyl sites for hydroxylation is 1. The van der Waals surface area contributed by atoms with Crippen molar-refractivity contribution >= 4 is 0 Å². The Kier molecular flexibility index (Phi) is 3.20. The summed E-state index contributed by atoms with van der Waals surface area (Å²) in [7, 11) is 0. The third kappa shape index (κ3) is 2.21. The highest BCUT2D eigenvalue weighted by Gasteiger charge is 2.41. The Hall–Kier alpha value is -0.800. The Morgan fingerprint density at radius 3 is 2.83 bits per heavy atom. The predicted molar refractivity (Wildman–Crippen MR) is 70.2 cm³/mol. The first-order chi connectivity index (χ1) is 8.69. The van der Waals surface area contributed by atoms with Crippen LogP contribution >= 0.6 is 0 Å². The van der Waals surface area contributed by atoms with Gasteiger partial charge in [0.15, 0.2) is 0 Å². The van der Waals surface area contributed by atoms with E-state index < -0.39 is 0 Å². The molecule has 3 nitrogen and oxygen atoms in total. The largest absolute Gasteiger partial charge is 0.469 e. The van der Waals surface area contributed by atoms with Crippen LogP contribution in [0.4, 0.5) is 0 Å². The summed E-state index contributed by atoms with van der Waals surface area (Å²) in [6.45, 7) is 2.84. The maximum atomic E-state index is 6.42. The van der Waals surface area contributed by atoms with Gasteiger partial charge in [0, 0.05) is 18.2 Å². The molecule has 1 aromatic heterocycles. The van der Waals surface area contributed by atoms with Crippen LogP contribution in [0.1, 0.15) is 55.9 Å². The van der Waals surface area contributed by atoms with E-state index in [-0.39, 0.29) is 11.6 Å². The van der Waals surface area contributed by atoms with Gasteiger partial charge in [0.2, 0.25) is 0 Å². The Balaban J connectivity index is 1.72. The lowest BCUT2D eigenvalue weighted by atomic mass is 9.79. The average Bonchev–Trinajstić information content (AvgIpc) is 2.98. The van der Waals surface area contributed by atoms with Crippen molar-refractivity contribution < 1.29 is 9.15 Å². The van der Waals surface area contributed by atoms with Gasteiger partial charge in [-0.2, -0.15) is 0 Å². The van der Waals surface area contributed by atoms with Crippen molar-refractivity contribution in [2.45, 2.75) is 57.1 Å². The SMILES string of the molecule is Cc1cc(C(N)C2CCOC3(CCCC3)C2)co1. The summed E-state index contributed by atoms with van der Waals surface area (Å²) in [5.41, 5.74) is 7.72. The zero-order valence-corrected chi connectivity index (χ0v) is 11.2. The normalized spacial score (nSPS) is 28.7. The molecule has 1 saturated heterocycles. The van der Waals surface area contributed by atoms with E-state index in [1.54, 1.807) is 0 Å². The third-order valence-electron chi connectivity index (χ3n) is 4.69. The quantitative estimate of drug-likeness (QED) is 0.874. The standard InChI is InChI=1S/C15H23NO2/c1-11-8-13(10-17-11)14(16)12-4-7-18-15(9-12)5-2-3-6-15/h8,10,12,14H,2-7,9,16H2,1H3. The highest BCUT2D eigenvalue weighted by molar-refractivity contribution is 5.17. The fourth-order valence-electron chi connectivity index (χ4n) is 3.65. The molecule has 2 heterocycles. The third-order valence-corrected chi connectivity index (χ3v) is 4.69. The summed E-state index contributed by atoms with van der Waals surface area (Å²) in [6.07, 6.45) is 9.09. The molecule has 2 atom stereocenters. The van der Waals surface area contributed by atoms with Crippen LogP contribution in [0.15, 0.2) is 16.7 Å². The Morgan fingerprint density at radius 2 is 2.17 bits per heavy atom. The number of furan rings is 1. The lowest BCUT2D eigenvalue weighted by Gasteiger charge is -2.40. The van der Waals surface area contributed by atoms with Crippen molar-refractivity contribution in [1.82, 2.24) is 0 Å². The van der Waals surface area contributed by atoms with Gasteiger partial charge in [-0.3, -0.25) is 0 Å². The first kappa shape index (κ1) is 12.2. The van der Waals surface area contributed by atoms with Gasteiger partial charge in [0.25, 0.3) is 0 Å². The second kappa shape index (κ2) is 4.71. The molecule has 1 saturated carbocycles. The Bertz CT molecular complexity index is 406. The molecule has 2 aliphatic rings. The van der Waals surface area contributed by atoms with Gasteiger partial charge in [0.1, 0.15) is 5.76 Å². The topological polar surface area (TPSA) is 48.4 Å². The molecule has 1 aliphatic heterocycles. The minimum atomic E-state index is 0.101. The van der Waals surface area contributed by atoms with E-state index in [1.807, 2.05) is 13.2 Å².